The predicted octanol–water partition coefficient (Wildman–Crippen LogP) is 4.70. The number of hydrogen-bond donors (Lipinski definition) is 0. The first-order valence-electron chi connectivity index (χ1n) is 5.63. The molecule has 0 N–H and O–H groups in total. The molecule has 0 saturated carbocycles. The Labute approximate surface area is 113 Å². The summed E-state index contributed by atoms with van der Waals surface area (Å²) in [4.78, 5) is 0. The summed E-state index contributed by atoms with van der Waals surface area (Å²) < 4.78 is 23.5. The fourth-order valence-electron chi connectivity index (χ4n) is 1.94. The largest absolute Gasteiger partial charge is 0.443 e. The van der Waals surface area contributed by atoms with Crippen LogP contribution in [0.15, 0.2) is 45.3 Å². The third-order valence-corrected chi connectivity index (χ3v) is 3.01. The van der Waals surface area contributed by atoms with E-state index in [1.807, 2.05) is 0 Å². The van der Waals surface area contributed by atoms with Crippen LogP contribution >= 0.6 is 11.6 Å². The van der Waals surface area contributed by atoms with Crippen LogP contribution in [0, 0.1) is 12.7 Å². The highest BCUT2D eigenvalue weighted by Gasteiger charge is 2.19. The first-order chi connectivity index (χ1) is 9.15. The summed E-state index contributed by atoms with van der Waals surface area (Å²) in [7, 11) is 0. The topological polar surface area (TPSA) is 39.2 Å². The van der Waals surface area contributed by atoms with Crippen molar-refractivity contribution in [1.82, 2.24) is 5.16 Å². The first kappa shape index (κ1) is 12.0. The van der Waals surface area contributed by atoms with Gasteiger partial charge in [-0.15, -0.1) is 0 Å². The molecule has 0 bridgehead atoms. The Morgan fingerprint density at radius 3 is 2.47 bits per heavy atom. The van der Waals surface area contributed by atoms with Crippen LogP contribution in [0.4, 0.5) is 4.39 Å². The molecule has 3 nitrogen and oxygen atoms in total. The molecule has 0 aliphatic rings. The van der Waals surface area contributed by atoms with Crippen LogP contribution in [0.5, 0.6) is 0 Å². The van der Waals surface area contributed by atoms with Gasteiger partial charge in [0.2, 0.25) is 0 Å². The van der Waals surface area contributed by atoms with Crippen molar-refractivity contribution in [3.8, 4) is 22.6 Å². The zero-order valence-corrected chi connectivity index (χ0v) is 10.7. The number of aryl methyl sites for hydroxylation is 1. The minimum atomic E-state index is -0.291. The molecule has 0 atom stereocenters. The highest BCUT2D eigenvalue weighted by Crippen LogP contribution is 2.35. The molecule has 3 rings (SSSR count). The van der Waals surface area contributed by atoms with Crippen LogP contribution in [0.25, 0.3) is 22.6 Å². The lowest BCUT2D eigenvalue weighted by molar-refractivity contribution is 0.398. The third kappa shape index (κ3) is 2.15. The average molecular weight is 278 g/mol. The van der Waals surface area contributed by atoms with Gasteiger partial charge in [-0.05, 0) is 48.4 Å². The number of furan rings is 1. The minimum absolute atomic E-state index is 0.278. The monoisotopic (exact) mass is 277 g/mol. The SMILES string of the molecule is Cc1onc(-c2ccc(Cl)o2)c1-c1ccc(F)cc1. The van der Waals surface area contributed by atoms with Crippen molar-refractivity contribution in [2.24, 2.45) is 0 Å². The normalized spacial score (nSPS) is 10.9. The van der Waals surface area contributed by atoms with Gasteiger partial charge in [-0.3, -0.25) is 0 Å². The van der Waals surface area contributed by atoms with Gasteiger partial charge in [0.15, 0.2) is 16.7 Å². The van der Waals surface area contributed by atoms with Gasteiger partial charge in [-0.25, -0.2) is 4.39 Å². The Kier molecular flexibility index (Phi) is 2.87. The van der Waals surface area contributed by atoms with Gasteiger partial charge in [0, 0.05) is 0 Å². The molecule has 0 radical (unpaired) electrons. The maximum absolute atomic E-state index is 13.0. The molecule has 0 amide bonds. The van der Waals surface area contributed by atoms with Crippen molar-refractivity contribution in [3.63, 3.8) is 0 Å². The molecule has 5 heteroatoms. The highest BCUT2D eigenvalue weighted by atomic mass is 35.5. The van der Waals surface area contributed by atoms with Crippen molar-refractivity contribution in [2.45, 2.75) is 6.92 Å². The molecule has 2 heterocycles. The fourth-order valence-corrected chi connectivity index (χ4v) is 2.08. The van der Waals surface area contributed by atoms with Gasteiger partial charge in [-0.1, -0.05) is 17.3 Å². The zero-order chi connectivity index (χ0) is 13.4. The lowest BCUT2D eigenvalue weighted by Gasteiger charge is -2.00. The fraction of sp³-hybridized carbons (Fsp3) is 0.0714. The van der Waals surface area contributed by atoms with Gasteiger partial charge in [0.05, 0.1) is 5.56 Å². The lowest BCUT2D eigenvalue weighted by atomic mass is 10.0. The van der Waals surface area contributed by atoms with Crippen molar-refractivity contribution in [1.29, 1.82) is 0 Å². The first-order valence-corrected chi connectivity index (χ1v) is 6.01. The van der Waals surface area contributed by atoms with E-state index in [1.165, 1.54) is 12.1 Å². The molecular formula is C14H9ClFNO2. The maximum atomic E-state index is 13.0. The summed E-state index contributed by atoms with van der Waals surface area (Å²) in [5, 5.41) is 4.26. The summed E-state index contributed by atoms with van der Waals surface area (Å²) in [6.45, 7) is 1.79. The second-order valence-corrected chi connectivity index (χ2v) is 4.45. The molecule has 0 aliphatic heterocycles. The van der Waals surface area contributed by atoms with Gasteiger partial charge in [0.1, 0.15) is 11.6 Å². The minimum Gasteiger partial charge on any atom is -0.443 e. The summed E-state index contributed by atoms with van der Waals surface area (Å²) >= 11 is 5.76. The van der Waals surface area contributed by atoms with Gasteiger partial charge in [-0.2, -0.15) is 0 Å². The number of rotatable bonds is 2. The Morgan fingerprint density at radius 1 is 1.11 bits per heavy atom. The molecule has 1 aromatic carbocycles. The second kappa shape index (κ2) is 4.55. The summed E-state index contributed by atoms with van der Waals surface area (Å²) in [6.07, 6.45) is 0. The van der Waals surface area contributed by atoms with E-state index in [0.717, 1.165) is 11.1 Å². The Hall–Kier alpha value is -2.07. The lowest BCUT2D eigenvalue weighted by Crippen LogP contribution is -1.83. The van der Waals surface area contributed by atoms with Crippen LogP contribution in [-0.4, -0.2) is 5.16 Å². The van der Waals surface area contributed by atoms with Crippen LogP contribution in [0.2, 0.25) is 5.22 Å². The van der Waals surface area contributed by atoms with Crippen molar-refractivity contribution in [2.75, 3.05) is 0 Å². The molecule has 19 heavy (non-hydrogen) atoms. The smallest absolute Gasteiger partial charge is 0.194 e. The van der Waals surface area contributed by atoms with E-state index >= 15 is 0 Å². The van der Waals surface area contributed by atoms with E-state index in [1.54, 1.807) is 31.2 Å². The van der Waals surface area contributed by atoms with Crippen molar-refractivity contribution >= 4 is 11.6 Å². The summed E-state index contributed by atoms with van der Waals surface area (Å²) in [6, 6.07) is 9.47. The second-order valence-electron chi connectivity index (χ2n) is 4.07. The van der Waals surface area contributed by atoms with E-state index in [0.29, 0.717) is 17.2 Å². The number of hydrogen-bond acceptors (Lipinski definition) is 3. The van der Waals surface area contributed by atoms with Crippen LogP contribution in [0.3, 0.4) is 0 Å². The molecule has 3 aromatic rings. The van der Waals surface area contributed by atoms with Gasteiger partial charge in [0.25, 0.3) is 0 Å². The predicted molar refractivity (Wildman–Crippen MR) is 69.3 cm³/mol. The van der Waals surface area contributed by atoms with Crippen LogP contribution < -0.4 is 0 Å². The van der Waals surface area contributed by atoms with E-state index < -0.39 is 0 Å². The average Bonchev–Trinajstić information content (AvgIpc) is 2.97. The van der Waals surface area contributed by atoms with Gasteiger partial charge >= 0.3 is 0 Å². The molecule has 0 unspecified atom stereocenters. The molecular weight excluding hydrogens is 269 g/mol. The van der Waals surface area contributed by atoms with E-state index in [-0.39, 0.29) is 11.0 Å². The molecule has 96 valence electrons. The number of benzene rings is 1. The Bertz CT molecular complexity index is 715. The number of aromatic nitrogens is 1. The molecule has 0 spiro atoms. The van der Waals surface area contributed by atoms with E-state index in [9.17, 15) is 4.39 Å². The van der Waals surface area contributed by atoms with Crippen LogP contribution in [-0.2, 0) is 0 Å². The van der Waals surface area contributed by atoms with Crippen molar-refractivity contribution in [3.05, 3.63) is 53.2 Å². The molecule has 0 saturated heterocycles. The maximum Gasteiger partial charge on any atom is 0.194 e. The van der Waals surface area contributed by atoms with E-state index in [4.69, 9.17) is 20.5 Å². The van der Waals surface area contributed by atoms with Crippen molar-refractivity contribution < 1.29 is 13.3 Å². The Balaban J connectivity index is 2.16. The molecule has 0 fully saturated rings. The zero-order valence-electron chi connectivity index (χ0n) is 9.98. The molecule has 0 aliphatic carbocycles. The third-order valence-electron chi connectivity index (χ3n) is 2.80. The summed E-state index contributed by atoms with van der Waals surface area (Å²) in [5.41, 5.74) is 2.13. The summed E-state index contributed by atoms with van der Waals surface area (Å²) in [5.74, 6) is 0.857. The molecule has 2 aromatic heterocycles. The quantitative estimate of drug-likeness (QED) is 0.681. The number of nitrogens with zero attached hydrogens (tertiary/aromatic N) is 1. The number of halogens is 2. The van der Waals surface area contributed by atoms with E-state index in [2.05, 4.69) is 5.16 Å². The highest BCUT2D eigenvalue weighted by molar-refractivity contribution is 6.29. The Morgan fingerprint density at radius 2 is 1.84 bits per heavy atom. The van der Waals surface area contributed by atoms with Crippen LogP contribution in [0.1, 0.15) is 5.76 Å². The standard InChI is InChI=1S/C14H9ClFNO2/c1-8-13(9-2-4-10(16)5-3-9)14(17-19-8)11-6-7-12(15)18-11/h2-7H,1H3. The van der Waals surface area contributed by atoms with Gasteiger partial charge < -0.3 is 8.94 Å².